The molecule has 0 aromatic heterocycles. The largest absolute Gasteiger partial charge is 0.491 e. The van der Waals surface area contributed by atoms with Crippen molar-refractivity contribution in [3.63, 3.8) is 0 Å². The standard InChI is InChI=1S/C17H28N2O3/c1-6-19(7-2)10-8-9-13(4)18-15-16(21)12(3)11-14(20)17(15)22-5/h11,13,18H,6-10H2,1-5H3. The first kappa shape index (κ1) is 18.4. The lowest BCUT2D eigenvalue weighted by Crippen LogP contribution is -2.35. The fourth-order valence-electron chi connectivity index (χ4n) is 2.56. The summed E-state index contributed by atoms with van der Waals surface area (Å²) in [5.41, 5.74) is 0.742. The zero-order valence-corrected chi connectivity index (χ0v) is 14.4. The number of nitrogens with zero attached hydrogens (tertiary/aromatic N) is 1. The summed E-state index contributed by atoms with van der Waals surface area (Å²) in [6.45, 7) is 11.1. The van der Waals surface area contributed by atoms with Crippen LogP contribution < -0.4 is 5.32 Å². The summed E-state index contributed by atoms with van der Waals surface area (Å²) in [5.74, 6) is -0.296. The Hall–Kier alpha value is -1.62. The average Bonchev–Trinajstić information content (AvgIpc) is 2.49. The minimum Gasteiger partial charge on any atom is -0.491 e. The molecule has 1 unspecified atom stereocenters. The maximum absolute atomic E-state index is 12.2. The van der Waals surface area contributed by atoms with Crippen LogP contribution in [0.15, 0.2) is 23.1 Å². The van der Waals surface area contributed by atoms with Gasteiger partial charge in [0.15, 0.2) is 5.76 Å². The van der Waals surface area contributed by atoms with E-state index in [0.717, 1.165) is 32.5 Å². The van der Waals surface area contributed by atoms with Gasteiger partial charge in [-0.05, 0) is 52.4 Å². The van der Waals surface area contributed by atoms with Crippen LogP contribution in [-0.2, 0) is 14.3 Å². The van der Waals surface area contributed by atoms with E-state index in [2.05, 4.69) is 24.1 Å². The van der Waals surface area contributed by atoms with Gasteiger partial charge in [-0.1, -0.05) is 13.8 Å². The molecule has 0 radical (unpaired) electrons. The van der Waals surface area contributed by atoms with E-state index in [4.69, 9.17) is 4.74 Å². The molecule has 0 aliphatic heterocycles. The second-order valence-electron chi connectivity index (χ2n) is 5.64. The van der Waals surface area contributed by atoms with Gasteiger partial charge < -0.3 is 15.0 Å². The number of rotatable bonds is 9. The van der Waals surface area contributed by atoms with Gasteiger partial charge in [-0.2, -0.15) is 0 Å². The fraction of sp³-hybridized carbons (Fsp3) is 0.647. The number of hydrogen-bond donors (Lipinski definition) is 1. The second kappa shape index (κ2) is 8.73. The number of allylic oxidation sites excluding steroid dienone is 2. The van der Waals surface area contributed by atoms with Crippen molar-refractivity contribution in [3.8, 4) is 0 Å². The minimum absolute atomic E-state index is 0.110. The van der Waals surface area contributed by atoms with Crippen molar-refractivity contribution >= 4 is 11.6 Å². The van der Waals surface area contributed by atoms with Crippen LogP contribution in [0.1, 0.15) is 40.5 Å². The van der Waals surface area contributed by atoms with Crippen LogP contribution in [0.4, 0.5) is 0 Å². The van der Waals surface area contributed by atoms with E-state index < -0.39 is 0 Å². The number of carbonyl (C=O) groups excluding carboxylic acids is 2. The van der Waals surface area contributed by atoms with Gasteiger partial charge in [0, 0.05) is 11.6 Å². The highest BCUT2D eigenvalue weighted by atomic mass is 16.5. The molecule has 1 aliphatic carbocycles. The fourth-order valence-corrected chi connectivity index (χ4v) is 2.56. The molecule has 0 bridgehead atoms. The van der Waals surface area contributed by atoms with E-state index in [0.29, 0.717) is 11.3 Å². The van der Waals surface area contributed by atoms with Crippen molar-refractivity contribution in [3.05, 3.63) is 23.1 Å². The van der Waals surface area contributed by atoms with Gasteiger partial charge in [-0.3, -0.25) is 9.59 Å². The molecule has 1 atom stereocenters. The van der Waals surface area contributed by atoms with Gasteiger partial charge in [0.05, 0.1) is 7.11 Å². The summed E-state index contributed by atoms with van der Waals surface area (Å²) in [6, 6.07) is 0.110. The summed E-state index contributed by atoms with van der Waals surface area (Å²) in [7, 11) is 1.42. The highest BCUT2D eigenvalue weighted by Crippen LogP contribution is 2.18. The molecular formula is C17H28N2O3. The maximum Gasteiger partial charge on any atom is 0.223 e. The third-order valence-corrected chi connectivity index (χ3v) is 3.98. The third-order valence-electron chi connectivity index (χ3n) is 3.98. The van der Waals surface area contributed by atoms with Crippen molar-refractivity contribution < 1.29 is 14.3 Å². The van der Waals surface area contributed by atoms with E-state index in [1.807, 2.05) is 6.92 Å². The summed E-state index contributed by atoms with van der Waals surface area (Å²) < 4.78 is 5.11. The molecule has 0 aromatic rings. The molecule has 0 saturated heterocycles. The van der Waals surface area contributed by atoms with Crippen LogP contribution >= 0.6 is 0 Å². The van der Waals surface area contributed by atoms with Crippen molar-refractivity contribution in [2.24, 2.45) is 0 Å². The van der Waals surface area contributed by atoms with E-state index in [1.54, 1.807) is 6.92 Å². The molecule has 0 heterocycles. The predicted molar refractivity (Wildman–Crippen MR) is 87.4 cm³/mol. The Morgan fingerprint density at radius 1 is 1.27 bits per heavy atom. The normalized spacial score (nSPS) is 16.9. The van der Waals surface area contributed by atoms with Crippen LogP contribution in [0.25, 0.3) is 0 Å². The van der Waals surface area contributed by atoms with Gasteiger partial charge in [0.25, 0.3) is 0 Å². The molecule has 0 fully saturated rings. The van der Waals surface area contributed by atoms with Gasteiger partial charge >= 0.3 is 0 Å². The Bertz CT molecular complexity index is 476. The Balaban J connectivity index is 2.63. The van der Waals surface area contributed by atoms with Gasteiger partial charge in [-0.15, -0.1) is 0 Å². The van der Waals surface area contributed by atoms with Crippen LogP contribution in [0, 0.1) is 0 Å². The monoisotopic (exact) mass is 308 g/mol. The van der Waals surface area contributed by atoms with Crippen LogP contribution in [0.3, 0.4) is 0 Å². The molecule has 0 spiro atoms. The summed E-state index contributed by atoms with van der Waals surface area (Å²) >= 11 is 0. The molecule has 124 valence electrons. The molecule has 1 N–H and O–H groups in total. The Kier molecular flexibility index (Phi) is 7.32. The molecule has 5 nitrogen and oxygen atoms in total. The lowest BCUT2D eigenvalue weighted by molar-refractivity contribution is -0.118. The average molecular weight is 308 g/mol. The lowest BCUT2D eigenvalue weighted by atomic mass is 9.99. The van der Waals surface area contributed by atoms with Gasteiger partial charge in [0.1, 0.15) is 5.70 Å². The lowest BCUT2D eigenvalue weighted by Gasteiger charge is -2.23. The zero-order chi connectivity index (χ0) is 16.7. The van der Waals surface area contributed by atoms with Crippen molar-refractivity contribution in [2.45, 2.75) is 46.6 Å². The molecule has 1 rings (SSSR count). The summed E-state index contributed by atoms with van der Waals surface area (Å²) in [6.07, 6.45) is 3.31. The Morgan fingerprint density at radius 3 is 2.45 bits per heavy atom. The van der Waals surface area contributed by atoms with Crippen LogP contribution in [0.2, 0.25) is 0 Å². The number of carbonyl (C=O) groups is 2. The zero-order valence-electron chi connectivity index (χ0n) is 14.4. The molecule has 0 amide bonds. The first-order valence-electron chi connectivity index (χ1n) is 7.99. The topological polar surface area (TPSA) is 58.6 Å². The van der Waals surface area contributed by atoms with E-state index in [9.17, 15) is 9.59 Å². The summed E-state index contributed by atoms with van der Waals surface area (Å²) in [4.78, 5) is 26.5. The SMILES string of the molecule is CCN(CC)CCCC(C)NC1=C(OC)C(=O)C=C(C)C1=O. The highest BCUT2D eigenvalue weighted by Gasteiger charge is 2.28. The van der Waals surface area contributed by atoms with Crippen molar-refractivity contribution in [2.75, 3.05) is 26.7 Å². The number of hydrogen-bond acceptors (Lipinski definition) is 5. The molecule has 1 aliphatic rings. The van der Waals surface area contributed by atoms with E-state index >= 15 is 0 Å². The van der Waals surface area contributed by atoms with Crippen LogP contribution in [-0.4, -0.2) is 49.3 Å². The number of nitrogens with one attached hydrogen (secondary N) is 1. The number of Topliss-reactive ketones (excluding diaryl/α,β-unsaturated/α-hetero) is 1. The number of ketones is 2. The maximum atomic E-state index is 12.2. The Morgan fingerprint density at radius 2 is 1.91 bits per heavy atom. The Labute approximate surface area is 133 Å². The van der Waals surface area contributed by atoms with E-state index in [-0.39, 0.29) is 23.4 Å². The predicted octanol–water partition coefficient (Wildman–Crippen LogP) is 2.04. The number of ether oxygens (including phenoxy) is 1. The minimum atomic E-state index is -0.252. The second-order valence-corrected chi connectivity index (χ2v) is 5.64. The molecule has 0 saturated carbocycles. The van der Waals surface area contributed by atoms with Crippen molar-refractivity contribution in [1.82, 2.24) is 10.2 Å². The quantitative estimate of drug-likeness (QED) is 0.661. The molecule has 5 heteroatoms. The molecule has 0 aromatic carbocycles. The number of methoxy groups -OCH3 is 1. The van der Waals surface area contributed by atoms with Crippen molar-refractivity contribution in [1.29, 1.82) is 0 Å². The highest BCUT2D eigenvalue weighted by molar-refractivity contribution is 6.21. The van der Waals surface area contributed by atoms with Gasteiger partial charge in [-0.25, -0.2) is 0 Å². The molecule has 22 heavy (non-hydrogen) atoms. The first-order chi connectivity index (χ1) is 10.4. The third kappa shape index (κ3) is 4.70. The summed E-state index contributed by atoms with van der Waals surface area (Å²) in [5, 5.41) is 3.17. The molecular weight excluding hydrogens is 280 g/mol. The van der Waals surface area contributed by atoms with E-state index in [1.165, 1.54) is 13.2 Å². The smallest absolute Gasteiger partial charge is 0.223 e. The van der Waals surface area contributed by atoms with Crippen LogP contribution in [0.5, 0.6) is 0 Å². The first-order valence-corrected chi connectivity index (χ1v) is 7.99. The van der Waals surface area contributed by atoms with Gasteiger partial charge in [0.2, 0.25) is 11.6 Å².